The van der Waals surface area contributed by atoms with Crippen LogP contribution in [0.1, 0.15) is 11.1 Å². The van der Waals surface area contributed by atoms with Gasteiger partial charge in [0.1, 0.15) is 18.0 Å². The smallest absolute Gasteiger partial charge is 0.265 e. The normalized spacial score (nSPS) is 15.1. The number of halogens is 2. The van der Waals surface area contributed by atoms with E-state index in [0.717, 1.165) is 5.56 Å². The van der Waals surface area contributed by atoms with Crippen molar-refractivity contribution in [2.45, 2.75) is 6.61 Å². The Morgan fingerprint density at radius 1 is 1.26 bits per heavy atom. The van der Waals surface area contributed by atoms with Crippen LogP contribution in [0.3, 0.4) is 0 Å². The van der Waals surface area contributed by atoms with Crippen molar-refractivity contribution in [3.63, 3.8) is 0 Å². The van der Waals surface area contributed by atoms with E-state index in [1.807, 2.05) is 0 Å². The Balaban J connectivity index is 1.88. The number of benzene rings is 2. The number of thiocarbonyl (C=S) groups is 1. The Morgan fingerprint density at radius 3 is 2.61 bits per heavy atom. The maximum absolute atomic E-state index is 13.1. The lowest BCUT2D eigenvalue weighted by Crippen LogP contribution is -2.53. The summed E-state index contributed by atoms with van der Waals surface area (Å²) in [5.41, 5.74) is 1.26. The quantitative estimate of drug-likeness (QED) is 0.267. The summed E-state index contributed by atoms with van der Waals surface area (Å²) in [5, 5.41) is 2.54. The molecule has 0 bridgehead atoms. The number of carbonyl (C=O) groups excluding carboxylic acids is 2. The van der Waals surface area contributed by atoms with Gasteiger partial charge < -0.3 is 9.47 Å². The molecule has 1 fully saturated rings. The zero-order valence-electron chi connectivity index (χ0n) is 16.5. The van der Waals surface area contributed by atoms with Gasteiger partial charge in [-0.3, -0.25) is 19.8 Å². The van der Waals surface area contributed by atoms with Gasteiger partial charge in [0, 0.05) is 6.54 Å². The highest BCUT2D eigenvalue weighted by Gasteiger charge is 2.32. The van der Waals surface area contributed by atoms with Crippen LogP contribution in [0.4, 0.5) is 4.39 Å². The number of amides is 2. The standard InChI is InChI=1S/C22H18BrFN2O4S/c1-3-8-26-21(28)16(20(27)25-22(26)31)9-14-10-17(23)19(18(11-14)29-2)30-12-13-4-6-15(24)7-5-13/h3-7,9-11H,1,8,12H2,2H3,(H,25,27,31)/b16-9+. The number of nitrogens with zero attached hydrogens (tertiary/aromatic N) is 1. The van der Waals surface area contributed by atoms with E-state index in [4.69, 9.17) is 21.7 Å². The van der Waals surface area contributed by atoms with E-state index in [9.17, 15) is 14.0 Å². The third-order valence-corrected chi connectivity index (χ3v) is 5.27. The third kappa shape index (κ3) is 5.18. The monoisotopic (exact) mass is 504 g/mol. The SMILES string of the molecule is C=CCN1C(=O)/C(=C/c2cc(Br)c(OCc3ccc(F)cc3)c(OC)c2)C(=O)NC1=S. The molecule has 0 aliphatic carbocycles. The largest absolute Gasteiger partial charge is 0.493 e. The van der Waals surface area contributed by atoms with E-state index < -0.39 is 11.8 Å². The Bertz CT molecular complexity index is 1090. The molecule has 1 saturated heterocycles. The molecule has 0 atom stereocenters. The molecule has 0 radical (unpaired) electrons. The number of hydrogen-bond acceptors (Lipinski definition) is 5. The molecule has 0 spiro atoms. The van der Waals surface area contributed by atoms with E-state index in [-0.39, 0.29) is 29.7 Å². The van der Waals surface area contributed by atoms with Gasteiger partial charge in [0.15, 0.2) is 16.6 Å². The summed E-state index contributed by atoms with van der Waals surface area (Å²) < 4.78 is 24.9. The Hall–Kier alpha value is -3.04. The molecule has 2 aromatic carbocycles. The van der Waals surface area contributed by atoms with Gasteiger partial charge in [0.2, 0.25) is 0 Å². The minimum Gasteiger partial charge on any atom is -0.493 e. The van der Waals surface area contributed by atoms with Crippen molar-refractivity contribution in [2.75, 3.05) is 13.7 Å². The van der Waals surface area contributed by atoms with Crippen LogP contribution in [-0.2, 0) is 16.2 Å². The summed E-state index contributed by atoms with van der Waals surface area (Å²) in [6.45, 7) is 3.98. The van der Waals surface area contributed by atoms with E-state index in [1.54, 1.807) is 24.3 Å². The maximum atomic E-state index is 13.1. The van der Waals surface area contributed by atoms with Crippen molar-refractivity contribution in [2.24, 2.45) is 0 Å². The van der Waals surface area contributed by atoms with Crippen LogP contribution in [0.15, 0.2) is 59.1 Å². The summed E-state index contributed by atoms with van der Waals surface area (Å²) >= 11 is 8.49. The molecule has 1 aliphatic rings. The molecular formula is C22H18BrFN2O4S. The summed E-state index contributed by atoms with van der Waals surface area (Å²) in [7, 11) is 1.48. The fourth-order valence-electron chi connectivity index (χ4n) is 2.85. The van der Waals surface area contributed by atoms with Crippen molar-refractivity contribution in [3.8, 4) is 11.5 Å². The average Bonchev–Trinajstić information content (AvgIpc) is 2.74. The minimum atomic E-state index is -0.581. The van der Waals surface area contributed by atoms with Crippen molar-refractivity contribution in [1.29, 1.82) is 0 Å². The molecule has 160 valence electrons. The first-order chi connectivity index (χ1) is 14.8. The number of rotatable bonds is 7. The molecule has 0 saturated carbocycles. The predicted octanol–water partition coefficient (Wildman–Crippen LogP) is 3.99. The molecule has 0 unspecified atom stereocenters. The Morgan fingerprint density at radius 2 is 1.97 bits per heavy atom. The van der Waals surface area contributed by atoms with E-state index in [2.05, 4.69) is 27.8 Å². The summed E-state index contributed by atoms with van der Waals surface area (Å²) in [5.74, 6) is -0.593. The highest BCUT2D eigenvalue weighted by atomic mass is 79.9. The van der Waals surface area contributed by atoms with Gasteiger partial charge in [-0.1, -0.05) is 18.2 Å². The van der Waals surface area contributed by atoms with E-state index in [1.165, 1.54) is 36.3 Å². The first kappa shape index (κ1) is 22.6. The molecule has 6 nitrogen and oxygen atoms in total. The lowest BCUT2D eigenvalue weighted by molar-refractivity contribution is -0.128. The highest BCUT2D eigenvalue weighted by molar-refractivity contribution is 9.10. The molecule has 1 N–H and O–H groups in total. The first-order valence-electron chi connectivity index (χ1n) is 9.08. The zero-order chi connectivity index (χ0) is 22.5. The van der Waals surface area contributed by atoms with E-state index >= 15 is 0 Å². The molecule has 1 aliphatic heterocycles. The second kappa shape index (κ2) is 9.84. The number of carbonyl (C=O) groups is 2. The van der Waals surface area contributed by atoms with Crippen molar-refractivity contribution >= 4 is 51.2 Å². The number of ether oxygens (including phenoxy) is 2. The van der Waals surface area contributed by atoms with Crippen LogP contribution < -0.4 is 14.8 Å². The van der Waals surface area contributed by atoms with E-state index in [0.29, 0.717) is 21.5 Å². The van der Waals surface area contributed by atoms with Gasteiger partial charge in [-0.2, -0.15) is 0 Å². The van der Waals surface area contributed by atoms with Gasteiger partial charge in [0.25, 0.3) is 11.8 Å². The maximum Gasteiger partial charge on any atom is 0.265 e. The topological polar surface area (TPSA) is 67.9 Å². The molecule has 3 rings (SSSR count). The Kier molecular flexibility index (Phi) is 7.19. The van der Waals surface area contributed by atoms with Gasteiger partial charge >= 0.3 is 0 Å². The second-order valence-corrected chi connectivity index (χ2v) is 7.71. The fourth-order valence-corrected chi connectivity index (χ4v) is 3.68. The lowest BCUT2D eigenvalue weighted by Gasteiger charge is -2.27. The summed E-state index contributed by atoms with van der Waals surface area (Å²) in [6, 6.07) is 9.30. The molecule has 2 aromatic rings. The van der Waals surface area contributed by atoms with Crippen LogP contribution in [0, 0.1) is 5.82 Å². The van der Waals surface area contributed by atoms with Crippen LogP contribution in [-0.4, -0.2) is 35.5 Å². The predicted molar refractivity (Wildman–Crippen MR) is 122 cm³/mol. The highest BCUT2D eigenvalue weighted by Crippen LogP contribution is 2.38. The molecule has 0 aromatic heterocycles. The molecule has 9 heteroatoms. The molecule has 2 amide bonds. The van der Waals surface area contributed by atoms with Crippen molar-refractivity contribution < 1.29 is 23.5 Å². The van der Waals surface area contributed by atoms with Gasteiger partial charge in [-0.15, -0.1) is 6.58 Å². The second-order valence-electron chi connectivity index (χ2n) is 6.47. The lowest BCUT2D eigenvalue weighted by atomic mass is 10.1. The van der Waals surface area contributed by atoms with Crippen LogP contribution in [0.2, 0.25) is 0 Å². The molecule has 31 heavy (non-hydrogen) atoms. The number of methoxy groups -OCH3 is 1. The van der Waals surface area contributed by atoms with Crippen LogP contribution in [0.5, 0.6) is 11.5 Å². The summed E-state index contributed by atoms with van der Waals surface area (Å²) in [4.78, 5) is 26.3. The van der Waals surface area contributed by atoms with Crippen molar-refractivity contribution in [3.05, 3.63) is 76.0 Å². The average molecular weight is 505 g/mol. The number of hydrogen-bond donors (Lipinski definition) is 1. The third-order valence-electron chi connectivity index (χ3n) is 4.36. The molecule has 1 heterocycles. The summed E-state index contributed by atoms with van der Waals surface area (Å²) in [6.07, 6.45) is 2.97. The van der Waals surface area contributed by atoms with Crippen LogP contribution in [0.25, 0.3) is 6.08 Å². The van der Waals surface area contributed by atoms with Crippen molar-refractivity contribution in [1.82, 2.24) is 10.2 Å². The van der Waals surface area contributed by atoms with Gasteiger partial charge in [-0.05, 0) is 69.6 Å². The van der Waals surface area contributed by atoms with Crippen LogP contribution >= 0.6 is 28.1 Å². The Labute approximate surface area is 192 Å². The van der Waals surface area contributed by atoms with Gasteiger partial charge in [-0.25, -0.2) is 4.39 Å². The first-order valence-corrected chi connectivity index (χ1v) is 10.3. The minimum absolute atomic E-state index is 0.0374. The number of nitrogens with one attached hydrogen (secondary N) is 1. The molecular weight excluding hydrogens is 487 g/mol. The fraction of sp³-hybridized carbons (Fsp3) is 0.136. The van der Waals surface area contributed by atoms with Gasteiger partial charge in [0.05, 0.1) is 11.6 Å². The zero-order valence-corrected chi connectivity index (χ0v) is 18.9.